The second kappa shape index (κ2) is 12.0. The molecule has 3 aromatic rings. The van der Waals surface area contributed by atoms with Gasteiger partial charge in [-0.3, -0.25) is 0 Å². The zero-order valence-electron chi connectivity index (χ0n) is 22.9. The number of carbonyl (C=O) groups is 1. The van der Waals surface area contributed by atoms with E-state index in [1.165, 1.54) is 24.7 Å². The Labute approximate surface area is 232 Å². The molecular formula is C29H33FN8O2. The van der Waals surface area contributed by atoms with E-state index in [2.05, 4.69) is 27.3 Å². The minimum atomic E-state index is -0.587. The lowest BCUT2D eigenvalue weighted by molar-refractivity contribution is 0.185. The summed E-state index contributed by atoms with van der Waals surface area (Å²) in [6, 6.07) is 5.50. The molecule has 1 aliphatic heterocycles. The summed E-state index contributed by atoms with van der Waals surface area (Å²) in [5, 5.41) is 16.2. The zero-order valence-corrected chi connectivity index (χ0v) is 22.9. The van der Waals surface area contributed by atoms with Gasteiger partial charge in [0.05, 0.1) is 18.0 Å². The first-order valence-corrected chi connectivity index (χ1v) is 12.6. The molecule has 0 aliphatic carbocycles. The number of methoxy groups -OCH3 is 1. The van der Waals surface area contributed by atoms with Gasteiger partial charge in [0.1, 0.15) is 23.8 Å². The summed E-state index contributed by atoms with van der Waals surface area (Å²) in [7, 11) is 1.61. The Hall–Kier alpha value is -4.77. The summed E-state index contributed by atoms with van der Waals surface area (Å²) in [5.74, 6) is -0.0290. The number of ether oxygens (including phenoxy) is 1. The lowest BCUT2D eigenvalue weighted by atomic mass is 9.89. The number of urea groups is 1. The molecule has 1 aliphatic rings. The molecule has 4 rings (SSSR count). The van der Waals surface area contributed by atoms with Crippen molar-refractivity contribution in [2.45, 2.75) is 33.5 Å². The molecule has 4 N–H and O–H groups in total. The van der Waals surface area contributed by atoms with E-state index in [1.54, 1.807) is 47.0 Å². The number of anilines is 2. The smallest absolute Gasteiger partial charge is 0.320 e. The summed E-state index contributed by atoms with van der Waals surface area (Å²) in [6.45, 7) is 10.4. The summed E-state index contributed by atoms with van der Waals surface area (Å²) >= 11 is 0. The van der Waals surface area contributed by atoms with Gasteiger partial charge < -0.3 is 21.1 Å². The van der Waals surface area contributed by atoms with Crippen LogP contribution in [0.4, 0.5) is 20.7 Å². The van der Waals surface area contributed by atoms with Crippen LogP contribution in [-0.2, 0) is 11.3 Å². The number of nitrogens with two attached hydrogens (primary N) is 1. The number of hydrogen-bond donors (Lipinski definition) is 3. The van der Waals surface area contributed by atoms with E-state index in [4.69, 9.17) is 15.6 Å². The Morgan fingerprint density at radius 3 is 2.70 bits per heavy atom. The molecule has 1 unspecified atom stereocenters. The maximum absolute atomic E-state index is 13.5. The molecule has 0 bridgehead atoms. The number of fused-ring (bicyclic) bond motifs is 1. The highest BCUT2D eigenvalue weighted by Gasteiger charge is 2.27. The molecule has 40 heavy (non-hydrogen) atoms. The maximum Gasteiger partial charge on any atom is 0.320 e. The van der Waals surface area contributed by atoms with Crippen LogP contribution in [0.15, 0.2) is 85.1 Å². The number of hydrogen-bond acceptors (Lipinski definition) is 7. The van der Waals surface area contributed by atoms with Crippen molar-refractivity contribution >= 4 is 34.3 Å². The topological polar surface area (TPSA) is 122 Å². The van der Waals surface area contributed by atoms with Crippen molar-refractivity contribution in [3.05, 3.63) is 96.9 Å². The Kier molecular flexibility index (Phi) is 8.44. The number of nitrogens with zero attached hydrogens (tertiary/aromatic N) is 5. The van der Waals surface area contributed by atoms with Crippen LogP contribution in [0, 0.1) is 11.2 Å². The van der Waals surface area contributed by atoms with Gasteiger partial charge in [-0.1, -0.05) is 39.5 Å². The number of halogens is 1. The molecule has 0 fully saturated rings. The van der Waals surface area contributed by atoms with Gasteiger partial charge in [-0.05, 0) is 48.1 Å². The van der Waals surface area contributed by atoms with Gasteiger partial charge >= 0.3 is 6.03 Å². The minimum Gasteiger partial charge on any atom is -0.382 e. The monoisotopic (exact) mass is 544 g/mol. The van der Waals surface area contributed by atoms with Crippen LogP contribution >= 0.6 is 0 Å². The van der Waals surface area contributed by atoms with Crippen molar-refractivity contribution < 1.29 is 13.9 Å². The van der Waals surface area contributed by atoms with Crippen LogP contribution in [0.2, 0.25) is 0 Å². The van der Waals surface area contributed by atoms with Crippen molar-refractivity contribution in [1.29, 1.82) is 0 Å². The van der Waals surface area contributed by atoms with Gasteiger partial charge in [-0.25, -0.2) is 23.7 Å². The summed E-state index contributed by atoms with van der Waals surface area (Å²) in [5.41, 5.74) is 10.4. The van der Waals surface area contributed by atoms with Gasteiger partial charge in [0.15, 0.2) is 5.82 Å². The lowest BCUT2D eigenvalue weighted by Crippen LogP contribution is -2.50. The highest BCUT2D eigenvalue weighted by molar-refractivity contribution is 6.00. The summed E-state index contributed by atoms with van der Waals surface area (Å²) in [4.78, 5) is 16.9. The number of carbonyl (C=O) groups excluding carboxylic acids is 1. The number of benzene rings is 1. The molecule has 11 heteroatoms. The van der Waals surface area contributed by atoms with Gasteiger partial charge in [0, 0.05) is 36.0 Å². The third kappa shape index (κ3) is 6.26. The molecule has 208 valence electrons. The van der Waals surface area contributed by atoms with E-state index >= 15 is 0 Å². The van der Waals surface area contributed by atoms with Crippen molar-refractivity contribution in [2.75, 3.05) is 17.9 Å². The van der Waals surface area contributed by atoms with Crippen molar-refractivity contribution in [3.63, 3.8) is 0 Å². The Morgan fingerprint density at radius 1 is 1.27 bits per heavy atom. The van der Waals surface area contributed by atoms with Crippen molar-refractivity contribution in [1.82, 2.24) is 25.2 Å². The molecule has 2 aromatic heterocycles. The first-order chi connectivity index (χ1) is 19.1. The normalized spacial score (nSPS) is 15.9. The average Bonchev–Trinajstić information content (AvgIpc) is 3.28. The number of nitrogen functional groups attached to an aromatic ring is 1. The van der Waals surface area contributed by atoms with Crippen LogP contribution < -0.4 is 21.4 Å². The third-order valence-electron chi connectivity index (χ3n) is 6.13. The zero-order chi connectivity index (χ0) is 28.9. The highest BCUT2D eigenvalue weighted by atomic mass is 19.1. The summed E-state index contributed by atoms with van der Waals surface area (Å²) in [6.07, 6.45) is 13.0. The molecule has 3 heterocycles. The first kappa shape index (κ1) is 28.2. The number of amides is 2. The molecule has 2 amide bonds. The van der Waals surface area contributed by atoms with E-state index in [9.17, 15) is 9.18 Å². The van der Waals surface area contributed by atoms with E-state index < -0.39 is 12.2 Å². The Morgan fingerprint density at radius 2 is 2.02 bits per heavy atom. The van der Waals surface area contributed by atoms with Crippen LogP contribution in [0.3, 0.4) is 0 Å². The quantitative estimate of drug-likeness (QED) is 0.351. The SMILES string of the molecule is C=C/C(=C\C=C\NC(=O)NC1C=CC(C(C)(C)C)=NN1c1ccc(F)cc1)c1c(COC)cn2ncnc(N)c12. The van der Waals surface area contributed by atoms with E-state index in [1.807, 2.05) is 39.1 Å². The summed E-state index contributed by atoms with van der Waals surface area (Å²) < 4.78 is 20.5. The number of allylic oxidation sites excluding steroid dienone is 5. The molecule has 1 atom stereocenters. The predicted molar refractivity (Wildman–Crippen MR) is 156 cm³/mol. The van der Waals surface area contributed by atoms with Crippen LogP contribution in [0.5, 0.6) is 0 Å². The van der Waals surface area contributed by atoms with Gasteiger partial charge in [-0.15, -0.1) is 0 Å². The second-order valence-electron chi connectivity index (χ2n) is 10.1. The molecular weight excluding hydrogens is 511 g/mol. The maximum atomic E-state index is 13.5. The number of nitrogens with one attached hydrogen (secondary N) is 2. The van der Waals surface area contributed by atoms with Crippen molar-refractivity contribution in [3.8, 4) is 0 Å². The fraction of sp³-hybridized carbons (Fsp3) is 0.241. The molecule has 0 radical (unpaired) electrons. The van der Waals surface area contributed by atoms with Gasteiger partial charge in [0.2, 0.25) is 0 Å². The molecule has 0 saturated carbocycles. The van der Waals surface area contributed by atoms with E-state index in [0.717, 1.165) is 22.4 Å². The van der Waals surface area contributed by atoms with Crippen molar-refractivity contribution in [2.24, 2.45) is 10.5 Å². The number of aromatic nitrogens is 3. The molecule has 0 saturated heterocycles. The molecule has 0 spiro atoms. The first-order valence-electron chi connectivity index (χ1n) is 12.6. The van der Waals surface area contributed by atoms with E-state index in [0.29, 0.717) is 23.6 Å². The molecule has 1 aromatic carbocycles. The van der Waals surface area contributed by atoms with Crippen LogP contribution in [0.1, 0.15) is 31.9 Å². The fourth-order valence-corrected chi connectivity index (χ4v) is 4.17. The average molecular weight is 545 g/mol. The lowest BCUT2D eigenvalue weighted by Gasteiger charge is -2.33. The van der Waals surface area contributed by atoms with Crippen LogP contribution in [0.25, 0.3) is 11.1 Å². The third-order valence-corrected chi connectivity index (χ3v) is 6.13. The molecule has 10 nitrogen and oxygen atoms in total. The van der Waals surface area contributed by atoms with E-state index in [-0.39, 0.29) is 11.2 Å². The number of rotatable bonds is 8. The minimum absolute atomic E-state index is 0.217. The Balaban J connectivity index is 1.50. The van der Waals surface area contributed by atoms with Crippen LogP contribution in [-0.4, -0.2) is 39.6 Å². The fourth-order valence-electron chi connectivity index (χ4n) is 4.17. The largest absolute Gasteiger partial charge is 0.382 e. The second-order valence-corrected chi connectivity index (χ2v) is 10.1. The highest BCUT2D eigenvalue weighted by Crippen LogP contribution is 2.30. The standard InChI is InChI=1S/C29H33FN8O2/c1-6-19(25-20(17-40-5)16-37-26(25)27(31)33-18-34-37)8-7-15-32-28(39)35-24-14-13-23(29(2,3)4)36-38(24)22-11-9-21(30)10-12-22/h6-16,18,24H,1,17H2,2-5H3,(H2,31,33,34)(H2,32,35,39)/b15-7+,19-8+. The predicted octanol–water partition coefficient (Wildman–Crippen LogP) is 4.78. The van der Waals surface area contributed by atoms with Gasteiger partial charge in [-0.2, -0.15) is 10.2 Å². The number of hydrazone groups is 1. The van der Waals surface area contributed by atoms with Gasteiger partial charge in [0.25, 0.3) is 0 Å². The Bertz CT molecular complexity index is 1510.